The van der Waals surface area contributed by atoms with E-state index in [2.05, 4.69) is 39.4 Å². The molecule has 2 N–H and O–H groups in total. The van der Waals surface area contributed by atoms with Crippen molar-refractivity contribution in [2.45, 2.75) is 38.3 Å². The molecule has 2 fully saturated rings. The Labute approximate surface area is 167 Å². The van der Waals surface area contributed by atoms with Crippen molar-refractivity contribution in [1.82, 2.24) is 5.32 Å². The zero-order valence-electron chi connectivity index (χ0n) is 16.5. The average Bonchev–Trinajstić information content (AvgIpc) is 3.40. The van der Waals surface area contributed by atoms with E-state index in [0.717, 1.165) is 37.3 Å². The first kappa shape index (κ1) is 18.8. The SMILES string of the molecule is CC(NC(=O)c1ccc(N2CCC(O)C2)cc1)c1cccc(N2CCCC2)c1. The highest BCUT2D eigenvalue weighted by Crippen LogP contribution is 2.25. The van der Waals surface area contributed by atoms with Crippen LogP contribution in [0.2, 0.25) is 0 Å². The van der Waals surface area contributed by atoms with Gasteiger partial charge in [-0.3, -0.25) is 4.79 Å². The Morgan fingerprint density at radius 3 is 2.46 bits per heavy atom. The number of carbonyl (C=O) groups excluding carboxylic acids is 1. The third-order valence-electron chi connectivity index (χ3n) is 5.85. The van der Waals surface area contributed by atoms with Crippen molar-refractivity contribution in [2.75, 3.05) is 36.0 Å². The molecule has 28 heavy (non-hydrogen) atoms. The first-order valence-electron chi connectivity index (χ1n) is 10.3. The summed E-state index contributed by atoms with van der Waals surface area (Å²) in [7, 11) is 0. The van der Waals surface area contributed by atoms with Gasteiger partial charge in [0.05, 0.1) is 12.1 Å². The van der Waals surface area contributed by atoms with Crippen LogP contribution in [0.3, 0.4) is 0 Å². The highest BCUT2D eigenvalue weighted by atomic mass is 16.3. The van der Waals surface area contributed by atoms with Crippen LogP contribution >= 0.6 is 0 Å². The summed E-state index contributed by atoms with van der Waals surface area (Å²) in [5, 5.41) is 12.8. The molecule has 0 bridgehead atoms. The standard InChI is InChI=1S/C23H29N3O2/c1-17(19-5-4-6-21(15-19)25-12-2-3-13-25)24-23(28)18-7-9-20(10-8-18)26-14-11-22(27)16-26/h4-10,15,17,22,27H,2-3,11-14,16H2,1H3,(H,24,28). The molecule has 0 saturated carbocycles. The van der Waals surface area contributed by atoms with Crippen molar-refractivity contribution < 1.29 is 9.90 Å². The normalized spacial score (nSPS) is 20.4. The van der Waals surface area contributed by atoms with Gasteiger partial charge in [-0.25, -0.2) is 0 Å². The summed E-state index contributed by atoms with van der Waals surface area (Å²) in [5.41, 5.74) is 4.08. The van der Waals surface area contributed by atoms with Crippen molar-refractivity contribution in [3.8, 4) is 0 Å². The Bertz CT molecular complexity index is 815. The molecule has 2 aliphatic heterocycles. The largest absolute Gasteiger partial charge is 0.391 e. The maximum Gasteiger partial charge on any atom is 0.251 e. The minimum absolute atomic E-state index is 0.0524. The Kier molecular flexibility index (Phi) is 5.53. The maximum atomic E-state index is 12.7. The Hall–Kier alpha value is -2.53. The molecule has 0 aliphatic carbocycles. The Morgan fingerprint density at radius 1 is 1.04 bits per heavy atom. The van der Waals surface area contributed by atoms with Crippen LogP contribution in [-0.4, -0.2) is 43.3 Å². The number of nitrogens with zero attached hydrogens (tertiary/aromatic N) is 2. The second kappa shape index (κ2) is 8.23. The third kappa shape index (κ3) is 4.14. The highest BCUT2D eigenvalue weighted by molar-refractivity contribution is 5.94. The number of rotatable bonds is 5. The van der Waals surface area contributed by atoms with E-state index in [0.29, 0.717) is 12.1 Å². The number of hydrogen-bond donors (Lipinski definition) is 2. The van der Waals surface area contributed by atoms with E-state index >= 15 is 0 Å². The van der Waals surface area contributed by atoms with Crippen LogP contribution in [0.25, 0.3) is 0 Å². The van der Waals surface area contributed by atoms with Crippen LogP contribution in [0.4, 0.5) is 11.4 Å². The summed E-state index contributed by atoms with van der Waals surface area (Å²) in [6.45, 7) is 5.78. The smallest absolute Gasteiger partial charge is 0.251 e. The van der Waals surface area contributed by atoms with Crippen molar-refractivity contribution in [3.63, 3.8) is 0 Å². The first-order chi connectivity index (χ1) is 13.6. The number of hydrogen-bond acceptors (Lipinski definition) is 4. The van der Waals surface area contributed by atoms with Crippen LogP contribution in [0.15, 0.2) is 48.5 Å². The van der Waals surface area contributed by atoms with Gasteiger partial charge >= 0.3 is 0 Å². The maximum absolute atomic E-state index is 12.7. The molecule has 2 heterocycles. The van der Waals surface area contributed by atoms with Gasteiger partial charge in [-0.05, 0) is 68.1 Å². The van der Waals surface area contributed by atoms with Crippen molar-refractivity contribution in [3.05, 3.63) is 59.7 Å². The number of aliphatic hydroxyl groups excluding tert-OH is 1. The third-order valence-corrected chi connectivity index (χ3v) is 5.85. The number of nitrogens with one attached hydrogen (secondary N) is 1. The first-order valence-corrected chi connectivity index (χ1v) is 10.3. The fourth-order valence-electron chi connectivity index (χ4n) is 4.13. The van der Waals surface area contributed by atoms with Crippen molar-refractivity contribution in [2.24, 2.45) is 0 Å². The van der Waals surface area contributed by atoms with Crippen LogP contribution in [-0.2, 0) is 0 Å². The van der Waals surface area contributed by atoms with Crippen molar-refractivity contribution >= 4 is 17.3 Å². The molecule has 1 amide bonds. The van der Waals surface area contributed by atoms with Gasteiger partial charge in [0.2, 0.25) is 0 Å². The zero-order valence-corrected chi connectivity index (χ0v) is 16.5. The number of carbonyl (C=O) groups is 1. The van der Waals surface area contributed by atoms with E-state index in [-0.39, 0.29) is 18.1 Å². The Balaban J connectivity index is 1.39. The molecule has 0 spiro atoms. The quantitative estimate of drug-likeness (QED) is 0.837. The van der Waals surface area contributed by atoms with E-state index < -0.39 is 0 Å². The minimum atomic E-state index is -0.250. The number of β-amino-alcohol motifs (C(OH)–C–C–N with tert-alkyl or cyclic N) is 1. The number of amides is 1. The second-order valence-electron chi connectivity index (χ2n) is 7.92. The molecule has 148 valence electrons. The van der Waals surface area contributed by atoms with E-state index in [4.69, 9.17) is 0 Å². The van der Waals surface area contributed by atoms with E-state index in [9.17, 15) is 9.90 Å². The molecule has 0 radical (unpaired) electrons. The lowest BCUT2D eigenvalue weighted by atomic mass is 10.1. The monoisotopic (exact) mass is 379 g/mol. The van der Waals surface area contributed by atoms with E-state index in [1.807, 2.05) is 31.2 Å². The molecular weight excluding hydrogens is 350 g/mol. The van der Waals surface area contributed by atoms with Gasteiger partial charge in [0.1, 0.15) is 0 Å². The topological polar surface area (TPSA) is 55.8 Å². The van der Waals surface area contributed by atoms with Crippen LogP contribution < -0.4 is 15.1 Å². The molecular formula is C23H29N3O2. The van der Waals surface area contributed by atoms with Gasteiger partial charge in [0.15, 0.2) is 0 Å². The predicted octanol–water partition coefficient (Wildman–Crippen LogP) is 3.35. The fourth-order valence-corrected chi connectivity index (χ4v) is 4.13. The molecule has 2 aliphatic rings. The van der Waals surface area contributed by atoms with Gasteiger partial charge < -0.3 is 20.2 Å². The molecule has 0 aromatic heterocycles. The van der Waals surface area contributed by atoms with Crippen LogP contribution in [0, 0.1) is 0 Å². The zero-order chi connectivity index (χ0) is 19.5. The molecule has 5 nitrogen and oxygen atoms in total. The van der Waals surface area contributed by atoms with E-state index in [1.165, 1.54) is 18.5 Å². The van der Waals surface area contributed by atoms with Gasteiger partial charge in [0.25, 0.3) is 5.91 Å². The molecule has 2 aromatic carbocycles. The lowest BCUT2D eigenvalue weighted by Crippen LogP contribution is -2.27. The number of aliphatic hydroxyl groups is 1. The van der Waals surface area contributed by atoms with Gasteiger partial charge in [0, 0.05) is 43.1 Å². The summed E-state index contributed by atoms with van der Waals surface area (Å²) in [4.78, 5) is 17.2. The number of anilines is 2. The second-order valence-corrected chi connectivity index (χ2v) is 7.92. The highest BCUT2D eigenvalue weighted by Gasteiger charge is 2.21. The fraction of sp³-hybridized carbons (Fsp3) is 0.435. The van der Waals surface area contributed by atoms with Crippen LogP contribution in [0.1, 0.15) is 48.1 Å². The molecule has 2 unspecified atom stereocenters. The predicted molar refractivity (Wildman–Crippen MR) is 113 cm³/mol. The lowest BCUT2D eigenvalue weighted by molar-refractivity contribution is 0.0940. The summed E-state index contributed by atoms with van der Waals surface area (Å²) >= 11 is 0. The molecule has 2 saturated heterocycles. The average molecular weight is 380 g/mol. The van der Waals surface area contributed by atoms with Crippen LogP contribution in [0.5, 0.6) is 0 Å². The minimum Gasteiger partial charge on any atom is -0.391 e. The number of benzene rings is 2. The van der Waals surface area contributed by atoms with Crippen molar-refractivity contribution in [1.29, 1.82) is 0 Å². The van der Waals surface area contributed by atoms with Gasteiger partial charge in [-0.15, -0.1) is 0 Å². The van der Waals surface area contributed by atoms with Gasteiger partial charge in [-0.1, -0.05) is 12.1 Å². The lowest BCUT2D eigenvalue weighted by Gasteiger charge is -2.21. The summed E-state index contributed by atoms with van der Waals surface area (Å²) < 4.78 is 0. The Morgan fingerprint density at radius 2 is 1.79 bits per heavy atom. The molecule has 4 rings (SSSR count). The summed E-state index contributed by atoms with van der Waals surface area (Å²) in [5.74, 6) is -0.0629. The molecule has 2 aromatic rings. The van der Waals surface area contributed by atoms with Gasteiger partial charge in [-0.2, -0.15) is 0 Å². The molecule has 5 heteroatoms. The van der Waals surface area contributed by atoms with E-state index in [1.54, 1.807) is 0 Å². The summed E-state index contributed by atoms with van der Waals surface area (Å²) in [6, 6.07) is 16.1. The summed E-state index contributed by atoms with van der Waals surface area (Å²) in [6.07, 6.45) is 3.06. The molecule has 2 atom stereocenters.